The Morgan fingerprint density at radius 3 is 2.41 bits per heavy atom. The number of para-hydroxylation sites is 1. The predicted octanol–water partition coefficient (Wildman–Crippen LogP) is 6.43. The molecule has 0 saturated carbocycles. The summed E-state index contributed by atoms with van der Waals surface area (Å²) in [6, 6.07) is 16.2. The summed E-state index contributed by atoms with van der Waals surface area (Å²) in [6.07, 6.45) is 0. The molecule has 0 atom stereocenters. The molecule has 0 unspecified atom stereocenters. The van der Waals surface area contributed by atoms with Crippen LogP contribution in [0.15, 0.2) is 60.7 Å². The second-order valence-corrected chi connectivity index (χ2v) is 8.62. The van der Waals surface area contributed by atoms with Gasteiger partial charge in [-0.3, -0.25) is 0 Å². The minimum Gasteiger partial charge on any atom is -0.384 e. The van der Waals surface area contributed by atoms with E-state index in [-0.39, 0.29) is 0 Å². The average Bonchev–Trinajstić information content (AvgIpc) is 3.28. The van der Waals surface area contributed by atoms with Crippen LogP contribution in [0.3, 0.4) is 0 Å². The zero-order chi connectivity index (χ0) is 20.8. The molecular formula is C22H17ClF2N2OS. The van der Waals surface area contributed by atoms with Crippen molar-refractivity contribution in [2.45, 2.75) is 19.4 Å². The average molecular weight is 431 g/mol. The van der Waals surface area contributed by atoms with Crippen LogP contribution >= 0.6 is 22.9 Å². The standard InChI is InChI=1S/C22H17ClF2N2OS/c1-22(2,28)21-12-18(27(26-21)17-6-4-3-5-15(17)23)20-10-9-19(29-20)14-8-7-13(24)11-16(14)25/h3-12,28H,1-2H3. The molecule has 0 aliphatic heterocycles. The van der Waals surface area contributed by atoms with Crippen LogP contribution in [0.25, 0.3) is 26.7 Å². The van der Waals surface area contributed by atoms with Gasteiger partial charge in [0, 0.05) is 16.5 Å². The molecule has 0 spiro atoms. The largest absolute Gasteiger partial charge is 0.384 e. The quantitative estimate of drug-likeness (QED) is 0.405. The van der Waals surface area contributed by atoms with Crippen molar-refractivity contribution < 1.29 is 13.9 Å². The van der Waals surface area contributed by atoms with E-state index in [1.165, 1.54) is 23.5 Å². The van der Waals surface area contributed by atoms with Gasteiger partial charge in [0.1, 0.15) is 17.2 Å². The van der Waals surface area contributed by atoms with E-state index in [9.17, 15) is 13.9 Å². The summed E-state index contributed by atoms with van der Waals surface area (Å²) in [5.74, 6) is -1.23. The first-order chi connectivity index (χ1) is 13.7. The van der Waals surface area contributed by atoms with E-state index in [2.05, 4.69) is 5.10 Å². The van der Waals surface area contributed by atoms with Gasteiger partial charge in [-0.25, -0.2) is 13.5 Å². The zero-order valence-electron chi connectivity index (χ0n) is 15.7. The minimum absolute atomic E-state index is 0.328. The van der Waals surface area contributed by atoms with Gasteiger partial charge in [-0.05, 0) is 56.3 Å². The molecule has 1 N–H and O–H groups in total. The highest BCUT2D eigenvalue weighted by Crippen LogP contribution is 2.38. The van der Waals surface area contributed by atoms with Crippen LogP contribution in [0.2, 0.25) is 5.02 Å². The third-order valence-corrected chi connectivity index (χ3v) is 5.93. The number of nitrogens with zero attached hydrogens (tertiary/aromatic N) is 2. The first-order valence-corrected chi connectivity index (χ1v) is 10.1. The van der Waals surface area contributed by atoms with Crippen LogP contribution in [-0.4, -0.2) is 14.9 Å². The summed E-state index contributed by atoms with van der Waals surface area (Å²) in [7, 11) is 0. The molecule has 0 aliphatic rings. The van der Waals surface area contributed by atoms with Gasteiger partial charge < -0.3 is 5.11 Å². The maximum Gasteiger partial charge on any atom is 0.134 e. The van der Waals surface area contributed by atoms with Gasteiger partial charge in [0.2, 0.25) is 0 Å². The molecule has 2 aromatic carbocycles. The fraction of sp³-hybridized carbons (Fsp3) is 0.136. The Kier molecular flexibility index (Phi) is 5.02. The molecular weight excluding hydrogens is 414 g/mol. The van der Waals surface area contributed by atoms with Gasteiger partial charge in [-0.1, -0.05) is 23.7 Å². The second kappa shape index (κ2) is 7.37. The lowest BCUT2D eigenvalue weighted by atomic mass is 10.1. The summed E-state index contributed by atoms with van der Waals surface area (Å²) in [6.45, 7) is 3.31. The Bertz CT molecular complexity index is 1190. The molecule has 29 heavy (non-hydrogen) atoms. The van der Waals surface area contributed by atoms with Crippen LogP contribution in [-0.2, 0) is 5.60 Å². The monoisotopic (exact) mass is 430 g/mol. The van der Waals surface area contributed by atoms with E-state index in [1.807, 2.05) is 24.3 Å². The lowest BCUT2D eigenvalue weighted by Crippen LogP contribution is -2.16. The Balaban J connectivity index is 1.86. The van der Waals surface area contributed by atoms with E-state index in [4.69, 9.17) is 11.6 Å². The topological polar surface area (TPSA) is 38.0 Å². The van der Waals surface area contributed by atoms with Gasteiger partial charge in [-0.2, -0.15) is 5.10 Å². The molecule has 0 saturated heterocycles. The normalized spacial score (nSPS) is 11.8. The maximum absolute atomic E-state index is 14.2. The minimum atomic E-state index is -1.15. The van der Waals surface area contributed by atoms with Crippen LogP contribution in [0, 0.1) is 11.6 Å². The first-order valence-electron chi connectivity index (χ1n) is 8.87. The molecule has 0 bridgehead atoms. The van der Waals surface area contributed by atoms with Gasteiger partial charge in [0.25, 0.3) is 0 Å². The molecule has 3 nitrogen and oxygen atoms in total. The van der Waals surface area contributed by atoms with E-state index in [0.717, 1.165) is 10.9 Å². The van der Waals surface area contributed by atoms with Crippen molar-refractivity contribution in [2.75, 3.05) is 0 Å². The van der Waals surface area contributed by atoms with Gasteiger partial charge >= 0.3 is 0 Å². The van der Waals surface area contributed by atoms with Crippen LogP contribution in [0.4, 0.5) is 8.78 Å². The van der Waals surface area contributed by atoms with E-state index in [1.54, 1.807) is 36.7 Å². The number of benzene rings is 2. The molecule has 2 heterocycles. The Morgan fingerprint density at radius 2 is 1.72 bits per heavy atom. The van der Waals surface area contributed by atoms with Gasteiger partial charge in [0.05, 0.1) is 27.0 Å². The number of aliphatic hydroxyl groups is 1. The number of halogens is 3. The Morgan fingerprint density at radius 1 is 1.00 bits per heavy atom. The molecule has 7 heteroatoms. The lowest BCUT2D eigenvalue weighted by molar-refractivity contribution is 0.0734. The molecule has 4 aromatic rings. The molecule has 0 radical (unpaired) electrons. The Hall–Kier alpha value is -2.54. The third kappa shape index (κ3) is 3.83. The highest BCUT2D eigenvalue weighted by Gasteiger charge is 2.24. The number of hydrogen-bond acceptors (Lipinski definition) is 3. The molecule has 4 rings (SSSR count). The summed E-state index contributed by atoms with van der Waals surface area (Å²) in [5.41, 5.74) is 1.05. The summed E-state index contributed by atoms with van der Waals surface area (Å²) >= 11 is 7.72. The van der Waals surface area contributed by atoms with E-state index >= 15 is 0 Å². The Labute approximate surface area is 175 Å². The maximum atomic E-state index is 14.2. The SMILES string of the molecule is CC(C)(O)c1cc(-c2ccc(-c3ccc(F)cc3F)s2)n(-c2ccccc2Cl)n1. The van der Waals surface area contributed by atoms with Crippen LogP contribution in [0.5, 0.6) is 0 Å². The summed E-state index contributed by atoms with van der Waals surface area (Å²) in [5, 5.41) is 15.5. The van der Waals surface area contributed by atoms with Gasteiger partial charge in [0.15, 0.2) is 0 Å². The van der Waals surface area contributed by atoms with Crippen LogP contribution in [0.1, 0.15) is 19.5 Å². The summed E-state index contributed by atoms with van der Waals surface area (Å²) in [4.78, 5) is 1.47. The summed E-state index contributed by atoms with van der Waals surface area (Å²) < 4.78 is 29.1. The smallest absolute Gasteiger partial charge is 0.134 e. The van der Waals surface area contributed by atoms with Crippen LogP contribution < -0.4 is 0 Å². The molecule has 0 amide bonds. The van der Waals surface area contributed by atoms with Crippen molar-refractivity contribution in [1.29, 1.82) is 0 Å². The van der Waals surface area contributed by atoms with Crippen molar-refractivity contribution >= 4 is 22.9 Å². The number of aromatic nitrogens is 2. The fourth-order valence-corrected chi connectivity index (χ4v) is 4.22. The van der Waals surface area contributed by atoms with E-state index in [0.29, 0.717) is 32.5 Å². The third-order valence-electron chi connectivity index (χ3n) is 4.47. The highest BCUT2D eigenvalue weighted by molar-refractivity contribution is 7.18. The lowest BCUT2D eigenvalue weighted by Gasteiger charge is -2.13. The first kappa shape index (κ1) is 19.8. The van der Waals surface area contributed by atoms with Crippen molar-refractivity contribution in [3.63, 3.8) is 0 Å². The molecule has 2 aromatic heterocycles. The molecule has 148 valence electrons. The van der Waals surface area contributed by atoms with E-state index < -0.39 is 17.2 Å². The number of thiophene rings is 1. The zero-order valence-corrected chi connectivity index (χ0v) is 17.2. The van der Waals surface area contributed by atoms with Crippen molar-refractivity contribution in [2.24, 2.45) is 0 Å². The predicted molar refractivity (Wildman–Crippen MR) is 112 cm³/mol. The molecule has 0 aliphatic carbocycles. The van der Waals surface area contributed by atoms with Crippen molar-refractivity contribution in [3.05, 3.63) is 83.0 Å². The number of hydrogen-bond donors (Lipinski definition) is 1. The highest BCUT2D eigenvalue weighted by atomic mass is 35.5. The number of rotatable bonds is 4. The second-order valence-electron chi connectivity index (χ2n) is 7.13. The van der Waals surface area contributed by atoms with Crippen molar-refractivity contribution in [3.8, 4) is 26.7 Å². The fourth-order valence-electron chi connectivity index (χ4n) is 2.97. The van der Waals surface area contributed by atoms with Crippen molar-refractivity contribution in [1.82, 2.24) is 9.78 Å². The van der Waals surface area contributed by atoms with Gasteiger partial charge in [-0.15, -0.1) is 11.3 Å². The molecule has 0 fully saturated rings.